The number of benzene rings is 3. The normalized spacial score (nSPS) is 15.0. The van der Waals surface area contributed by atoms with Gasteiger partial charge in [-0.3, -0.25) is 9.10 Å². The maximum Gasteiger partial charge on any atom is 0.258 e. The van der Waals surface area contributed by atoms with Crippen molar-refractivity contribution >= 4 is 38.2 Å². The molecule has 33 heavy (non-hydrogen) atoms. The van der Waals surface area contributed by atoms with Crippen LogP contribution in [-0.2, 0) is 10.0 Å². The summed E-state index contributed by atoms with van der Waals surface area (Å²) >= 11 is 0. The number of aromatic nitrogens is 2. The summed E-state index contributed by atoms with van der Waals surface area (Å²) < 4.78 is 40.0. The monoisotopic (exact) mass is 462 g/mol. The highest BCUT2D eigenvalue weighted by atomic mass is 32.2. The van der Waals surface area contributed by atoms with E-state index in [4.69, 9.17) is 0 Å². The minimum atomic E-state index is -3.43. The summed E-state index contributed by atoms with van der Waals surface area (Å²) in [6, 6.07) is 18.4. The first-order valence-electron chi connectivity index (χ1n) is 10.3. The minimum Gasteiger partial charge on any atom is -0.322 e. The van der Waals surface area contributed by atoms with Crippen molar-refractivity contribution in [3.63, 3.8) is 0 Å². The Balaban J connectivity index is 1.38. The molecule has 2 heterocycles. The summed E-state index contributed by atoms with van der Waals surface area (Å²) in [5, 5.41) is 3.61. The maximum absolute atomic E-state index is 14.7. The molecule has 0 spiro atoms. The lowest BCUT2D eigenvalue weighted by Crippen LogP contribution is -2.25. The Morgan fingerprint density at radius 2 is 1.88 bits per heavy atom. The van der Waals surface area contributed by atoms with Crippen molar-refractivity contribution in [3.05, 3.63) is 84.3 Å². The van der Waals surface area contributed by atoms with Gasteiger partial charge < -0.3 is 5.32 Å². The molecular weight excluding hydrogens is 443 g/mol. The Morgan fingerprint density at radius 3 is 2.67 bits per heavy atom. The molecule has 7 nitrogen and oxygen atoms in total. The number of carbonyl (C=O) groups excluding carboxylic acids is 1. The van der Waals surface area contributed by atoms with Crippen molar-refractivity contribution in [3.8, 4) is 11.4 Å². The third kappa shape index (κ3) is 4.14. The second-order valence-electron chi connectivity index (χ2n) is 7.69. The van der Waals surface area contributed by atoms with Crippen molar-refractivity contribution in [2.45, 2.75) is 6.42 Å². The molecule has 166 valence electrons. The van der Waals surface area contributed by atoms with E-state index in [1.165, 1.54) is 16.4 Å². The van der Waals surface area contributed by atoms with E-state index in [1.54, 1.807) is 24.4 Å². The van der Waals surface area contributed by atoms with Crippen LogP contribution in [0.1, 0.15) is 16.8 Å². The van der Waals surface area contributed by atoms with E-state index in [-0.39, 0.29) is 17.0 Å². The first-order chi connectivity index (χ1) is 15.9. The number of hydrogen-bond donors (Lipinski definition) is 1. The van der Waals surface area contributed by atoms with Gasteiger partial charge in [0.15, 0.2) is 5.82 Å². The van der Waals surface area contributed by atoms with Gasteiger partial charge in [-0.25, -0.2) is 22.8 Å². The molecular formula is C24H19FN4O3S. The predicted octanol–water partition coefficient (Wildman–Crippen LogP) is 4.23. The Morgan fingerprint density at radius 1 is 1.03 bits per heavy atom. The molecule has 0 unspecified atom stereocenters. The summed E-state index contributed by atoms with van der Waals surface area (Å²) in [4.78, 5) is 21.7. The van der Waals surface area contributed by atoms with Gasteiger partial charge in [-0.15, -0.1) is 0 Å². The third-order valence-corrected chi connectivity index (χ3v) is 7.32. The van der Waals surface area contributed by atoms with Crippen LogP contribution in [0, 0.1) is 5.82 Å². The summed E-state index contributed by atoms with van der Waals surface area (Å²) in [6.07, 6.45) is 2.23. The zero-order chi connectivity index (χ0) is 23.0. The molecule has 0 aliphatic carbocycles. The molecule has 0 saturated carbocycles. The van der Waals surface area contributed by atoms with Crippen LogP contribution >= 0.6 is 0 Å². The molecule has 1 aromatic heterocycles. The lowest BCUT2D eigenvalue weighted by molar-refractivity contribution is 0.102. The molecule has 1 saturated heterocycles. The summed E-state index contributed by atoms with van der Waals surface area (Å²) in [5.41, 5.74) is 2.01. The summed E-state index contributed by atoms with van der Waals surface area (Å²) in [7, 11) is -3.43. The van der Waals surface area contributed by atoms with Gasteiger partial charge in [0.1, 0.15) is 5.82 Å². The fraction of sp³-hybridized carbons (Fsp3) is 0.125. The number of fused-ring (bicyclic) bond motifs is 1. The number of nitrogens with zero attached hydrogens (tertiary/aromatic N) is 3. The molecule has 1 amide bonds. The average Bonchev–Trinajstić information content (AvgIpc) is 3.17. The predicted molar refractivity (Wildman–Crippen MR) is 125 cm³/mol. The number of sulfonamides is 1. The molecule has 0 radical (unpaired) electrons. The van der Waals surface area contributed by atoms with E-state index < -0.39 is 21.7 Å². The number of rotatable bonds is 4. The average molecular weight is 463 g/mol. The van der Waals surface area contributed by atoms with Gasteiger partial charge in [0.05, 0.1) is 22.5 Å². The maximum atomic E-state index is 14.7. The van der Waals surface area contributed by atoms with Crippen molar-refractivity contribution in [2.75, 3.05) is 21.9 Å². The molecule has 4 aromatic rings. The van der Waals surface area contributed by atoms with E-state index in [1.807, 2.05) is 30.3 Å². The molecule has 5 rings (SSSR count). The fourth-order valence-corrected chi connectivity index (χ4v) is 5.37. The topological polar surface area (TPSA) is 92.3 Å². The van der Waals surface area contributed by atoms with Crippen LogP contribution in [0.15, 0.2) is 72.9 Å². The molecule has 1 aliphatic heterocycles. The van der Waals surface area contributed by atoms with Gasteiger partial charge in [-0.1, -0.05) is 30.3 Å². The van der Waals surface area contributed by atoms with Crippen LogP contribution in [0.3, 0.4) is 0 Å². The SMILES string of the molecule is O=C(Nc1cccc(-c2ncc3ccccc3n2)c1)c1ccc(N2CCCS2(=O)=O)cc1F. The molecule has 1 fully saturated rings. The summed E-state index contributed by atoms with van der Waals surface area (Å²) in [5.74, 6) is -0.887. The van der Waals surface area contributed by atoms with Crippen molar-refractivity contribution in [2.24, 2.45) is 0 Å². The number of carbonyl (C=O) groups is 1. The second-order valence-corrected chi connectivity index (χ2v) is 9.71. The van der Waals surface area contributed by atoms with Gasteiger partial charge in [0.2, 0.25) is 10.0 Å². The molecule has 0 bridgehead atoms. The smallest absolute Gasteiger partial charge is 0.258 e. The Kier molecular flexibility index (Phi) is 5.26. The van der Waals surface area contributed by atoms with Gasteiger partial charge in [0.25, 0.3) is 5.91 Å². The Hall–Kier alpha value is -3.85. The van der Waals surface area contributed by atoms with E-state index in [0.717, 1.165) is 17.0 Å². The van der Waals surface area contributed by atoms with E-state index in [9.17, 15) is 17.6 Å². The van der Waals surface area contributed by atoms with Gasteiger partial charge in [-0.2, -0.15) is 0 Å². The van der Waals surface area contributed by atoms with E-state index >= 15 is 0 Å². The van der Waals surface area contributed by atoms with Crippen molar-refractivity contribution in [1.82, 2.24) is 9.97 Å². The zero-order valence-electron chi connectivity index (χ0n) is 17.4. The largest absolute Gasteiger partial charge is 0.322 e. The first kappa shape index (κ1) is 21.0. The quantitative estimate of drug-likeness (QED) is 0.490. The lowest BCUT2D eigenvalue weighted by Gasteiger charge is -2.17. The van der Waals surface area contributed by atoms with E-state index in [2.05, 4.69) is 15.3 Å². The second kappa shape index (κ2) is 8.25. The third-order valence-electron chi connectivity index (χ3n) is 5.45. The van der Waals surface area contributed by atoms with Gasteiger partial charge in [0, 0.05) is 29.4 Å². The van der Waals surface area contributed by atoms with Crippen molar-refractivity contribution < 1.29 is 17.6 Å². The van der Waals surface area contributed by atoms with Crippen LogP contribution in [0.2, 0.25) is 0 Å². The van der Waals surface area contributed by atoms with Gasteiger partial charge in [-0.05, 0) is 42.8 Å². The van der Waals surface area contributed by atoms with Crippen LogP contribution in [0.25, 0.3) is 22.3 Å². The molecule has 1 N–H and O–H groups in total. The highest BCUT2D eigenvalue weighted by molar-refractivity contribution is 7.93. The lowest BCUT2D eigenvalue weighted by atomic mass is 10.1. The Labute approximate surface area is 190 Å². The van der Waals surface area contributed by atoms with Crippen molar-refractivity contribution in [1.29, 1.82) is 0 Å². The number of anilines is 2. The number of para-hydroxylation sites is 1. The standard InChI is InChI=1S/C24H19FN4O3S/c25-21-14-19(29-11-4-12-33(29,31)32)9-10-20(21)24(30)27-18-7-3-6-16(13-18)23-26-15-17-5-1-2-8-22(17)28-23/h1-3,5-10,13-15H,4,11-12H2,(H,27,30). The number of hydrogen-bond acceptors (Lipinski definition) is 5. The Bertz CT molecular complexity index is 1490. The molecule has 3 aromatic carbocycles. The molecule has 1 aliphatic rings. The first-order valence-corrected chi connectivity index (χ1v) is 12.0. The molecule has 0 atom stereocenters. The van der Waals surface area contributed by atoms with Crippen LogP contribution in [-0.4, -0.2) is 36.6 Å². The number of halogens is 1. The van der Waals surface area contributed by atoms with Crippen LogP contribution < -0.4 is 9.62 Å². The zero-order valence-corrected chi connectivity index (χ0v) is 18.2. The highest BCUT2D eigenvalue weighted by Gasteiger charge is 2.29. The van der Waals surface area contributed by atoms with Gasteiger partial charge >= 0.3 is 0 Å². The number of nitrogens with one attached hydrogen (secondary N) is 1. The summed E-state index contributed by atoms with van der Waals surface area (Å²) in [6.45, 7) is 0.303. The fourth-order valence-electron chi connectivity index (χ4n) is 3.82. The minimum absolute atomic E-state index is 0.0358. The number of amides is 1. The van der Waals surface area contributed by atoms with E-state index in [0.29, 0.717) is 30.0 Å². The molecule has 9 heteroatoms. The highest BCUT2D eigenvalue weighted by Crippen LogP contribution is 2.27. The van der Waals surface area contributed by atoms with Crippen LogP contribution in [0.4, 0.5) is 15.8 Å². The van der Waals surface area contributed by atoms with Crippen LogP contribution in [0.5, 0.6) is 0 Å².